The van der Waals surface area contributed by atoms with Gasteiger partial charge in [-0.05, 0) is 68.4 Å². The molecule has 2 N–H and O–H groups in total. The van der Waals surface area contributed by atoms with Gasteiger partial charge in [-0.3, -0.25) is 0 Å². The lowest BCUT2D eigenvalue weighted by Crippen LogP contribution is -2.49. The summed E-state index contributed by atoms with van der Waals surface area (Å²) in [6, 6.07) is 8.36. The second-order valence-electron chi connectivity index (χ2n) is 6.09. The van der Waals surface area contributed by atoms with Crippen molar-refractivity contribution in [2.75, 3.05) is 5.32 Å². The van der Waals surface area contributed by atoms with Crippen LogP contribution in [0.1, 0.15) is 44.1 Å². The molecule has 0 amide bonds. The summed E-state index contributed by atoms with van der Waals surface area (Å²) in [7, 11) is 0. The number of benzene rings is 1. The Hall–Kier alpha value is -1.09. The molecule has 0 aliphatic heterocycles. The number of nitrogens with one attached hydrogen (secondary N) is 2. The van der Waals surface area contributed by atoms with Gasteiger partial charge < -0.3 is 10.6 Å². The van der Waals surface area contributed by atoms with Crippen molar-refractivity contribution in [3.8, 4) is 0 Å². The van der Waals surface area contributed by atoms with Crippen LogP contribution in [-0.2, 0) is 0 Å². The first-order valence-corrected chi connectivity index (χ1v) is 7.75. The molecular weight excluding hydrogens is 252 g/mol. The van der Waals surface area contributed by atoms with Crippen molar-refractivity contribution in [1.29, 1.82) is 0 Å². The lowest BCUT2D eigenvalue weighted by Gasteiger charge is -2.32. The summed E-state index contributed by atoms with van der Waals surface area (Å²) in [4.78, 5) is 0. The molecule has 0 bridgehead atoms. The molecular formula is C16H22N2S. The van der Waals surface area contributed by atoms with E-state index in [0.717, 1.165) is 16.7 Å². The quantitative estimate of drug-likeness (QED) is 0.815. The minimum atomic E-state index is 0.300. The minimum absolute atomic E-state index is 0.300. The lowest BCUT2D eigenvalue weighted by atomic mass is 9.91. The van der Waals surface area contributed by atoms with Crippen molar-refractivity contribution >= 4 is 23.0 Å². The molecule has 2 fully saturated rings. The van der Waals surface area contributed by atoms with Gasteiger partial charge in [-0.25, -0.2) is 0 Å². The van der Waals surface area contributed by atoms with Gasteiger partial charge in [0.15, 0.2) is 5.11 Å². The van der Waals surface area contributed by atoms with E-state index < -0.39 is 0 Å². The van der Waals surface area contributed by atoms with E-state index in [1.807, 2.05) is 0 Å². The predicted molar refractivity (Wildman–Crippen MR) is 84.5 cm³/mol. The first-order chi connectivity index (χ1) is 9.18. The molecule has 0 radical (unpaired) electrons. The Labute approximate surface area is 121 Å². The second kappa shape index (κ2) is 5.12. The molecule has 0 aromatic heterocycles. The Balaban J connectivity index is 1.64. The summed E-state index contributed by atoms with van der Waals surface area (Å²) >= 11 is 5.51. The fourth-order valence-corrected chi connectivity index (χ4v) is 3.71. The number of anilines is 1. The van der Waals surface area contributed by atoms with Crippen LogP contribution in [0.4, 0.5) is 5.69 Å². The molecule has 2 aliphatic rings. The molecule has 2 aliphatic carbocycles. The molecule has 0 unspecified atom stereocenters. The topological polar surface area (TPSA) is 24.1 Å². The standard InChI is InChI=1S/C16H22N2S/c1-12-5-4-6-14(11-12)17-15(19)18-16(13-7-8-13)9-2-3-10-16/h4-6,11,13H,2-3,7-10H2,1H3,(H2,17,18,19). The molecule has 102 valence electrons. The highest BCUT2D eigenvalue weighted by molar-refractivity contribution is 7.80. The van der Waals surface area contributed by atoms with Crippen molar-refractivity contribution in [3.63, 3.8) is 0 Å². The number of rotatable bonds is 3. The molecule has 19 heavy (non-hydrogen) atoms. The maximum absolute atomic E-state index is 5.51. The van der Waals surface area contributed by atoms with Gasteiger partial charge in [0.05, 0.1) is 0 Å². The monoisotopic (exact) mass is 274 g/mol. The molecule has 2 saturated carbocycles. The van der Waals surface area contributed by atoms with E-state index in [1.54, 1.807) is 0 Å². The van der Waals surface area contributed by atoms with E-state index in [2.05, 4.69) is 41.8 Å². The van der Waals surface area contributed by atoms with Gasteiger partial charge in [0.2, 0.25) is 0 Å². The van der Waals surface area contributed by atoms with Crippen LogP contribution in [0.15, 0.2) is 24.3 Å². The summed E-state index contributed by atoms with van der Waals surface area (Å²) in [6.07, 6.45) is 8.01. The number of hydrogen-bond donors (Lipinski definition) is 2. The van der Waals surface area contributed by atoms with E-state index >= 15 is 0 Å². The van der Waals surface area contributed by atoms with Gasteiger partial charge >= 0.3 is 0 Å². The van der Waals surface area contributed by atoms with Crippen molar-refractivity contribution < 1.29 is 0 Å². The van der Waals surface area contributed by atoms with Gasteiger partial charge in [-0.15, -0.1) is 0 Å². The fraction of sp³-hybridized carbons (Fsp3) is 0.562. The highest BCUT2D eigenvalue weighted by atomic mass is 32.1. The van der Waals surface area contributed by atoms with E-state index in [1.165, 1.54) is 44.1 Å². The average Bonchev–Trinajstić information content (AvgIpc) is 3.12. The highest BCUT2D eigenvalue weighted by Crippen LogP contribution is 2.48. The Kier molecular flexibility index (Phi) is 3.48. The van der Waals surface area contributed by atoms with Crippen molar-refractivity contribution in [2.45, 2.75) is 51.0 Å². The van der Waals surface area contributed by atoms with Crippen molar-refractivity contribution in [2.24, 2.45) is 5.92 Å². The first-order valence-electron chi connectivity index (χ1n) is 7.34. The van der Waals surface area contributed by atoms with Crippen molar-refractivity contribution in [1.82, 2.24) is 5.32 Å². The van der Waals surface area contributed by atoms with Crippen LogP contribution in [0.25, 0.3) is 0 Å². The molecule has 0 saturated heterocycles. The molecule has 1 aromatic rings. The highest BCUT2D eigenvalue weighted by Gasteiger charge is 2.47. The molecule has 1 aromatic carbocycles. The Morgan fingerprint density at radius 3 is 2.63 bits per heavy atom. The van der Waals surface area contributed by atoms with Crippen LogP contribution < -0.4 is 10.6 Å². The van der Waals surface area contributed by atoms with E-state index in [9.17, 15) is 0 Å². The Morgan fingerprint density at radius 2 is 2.00 bits per heavy atom. The van der Waals surface area contributed by atoms with Gasteiger partial charge in [0.1, 0.15) is 0 Å². The van der Waals surface area contributed by atoms with Crippen LogP contribution in [0.3, 0.4) is 0 Å². The maximum atomic E-state index is 5.51. The van der Waals surface area contributed by atoms with Gasteiger partial charge in [-0.1, -0.05) is 25.0 Å². The fourth-order valence-electron chi connectivity index (χ4n) is 3.39. The van der Waals surface area contributed by atoms with Crippen LogP contribution in [0.5, 0.6) is 0 Å². The summed E-state index contributed by atoms with van der Waals surface area (Å²) < 4.78 is 0. The third kappa shape index (κ3) is 2.92. The lowest BCUT2D eigenvalue weighted by molar-refractivity contribution is 0.340. The summed E-state index contributed by atoms with van der Waals surface area (Å²) in [5, 5.41) is 7.77. The van der Waals surface area contributed by atoms with Gasteiger partial charge in [-0.2, -0.15) is 0 Å². The van der Waals surface area contributed by atoms with Crippen LogP contribution in [0, 0.1) is 12.8 Å². The molecule has 0 heterocycles. The second-order valence-corrected chi connectivity index (χ2v) is 6.49. The summed E-state index contributed by atoms with van der Waals surface area (Å²) in [6.45, 7) is 2.10. The SMILES string of the molecule is Cc1cccc(NC(=S)NC2(C3CC3)CCCC2)c1. The molecule has 0 spiro atoms. The largest absolute Gasteiger partial charge is 0.357 e. The van der Waals surface area contributed by atoms with Crippen LogP contribution in [0.2, 0.25) is 0 Å². The molecule has 3 heteroatoms. The van der Waals surface area contributed by atoms with Crippen molar-refractivity contribution in [3.05, 3.63) is 29.8 Å². The zero-order valence-electron chi connectivity index (χ0n) is 11.5. The van der Waals surface area contributed by atoms with Crippen LogP contribution in [-0.4, -0.2) is 10.7 Å². The number of aryl methyl sites for hydroxylation is 1. The average molecular weight is 274 g/mol. The first kappa shape index (κ1) is 12.9. The Morgan fingerprint density at radius 1 is 1.26 bits per heavy atom. The van der Waals surface area contributed by atoms with Crippen LogP contribution >= 0.6 is 12.2 Å². The summed E-state index contributed by atoms with van der Waals surface area (Å²) in [5.41, 5.74) is 2.64. The molecule has 3 rings (SSSR count). The van der Waals surface area contributed by atoms with Gasteiger partial charge in [0, 0.05) is 11.2 Å². The maximum Gasteiger partial charge on any atom is 0.171 e. The van der Waals surface area contributed by atoms with E-state index in [-0.39, 0.29) is 0 Å². The zero-order chi connectivity index (χ0) is 13.3. The summed E-state index contributed by atoms with van der Waals surface area (Å²) in [5.74, 6) is 0.854. The third-order valence-electron chi connectivity index (χ3n) is 4.49. The molecule has 0 atom stereocenters. The number of thiocarbonyl (C=S) groups is 1. The predicted octanol–water partition coefficient (Wildman–Crippen LogP) is 4.00. The van der Waals surface area contributed by atoms with E-state index in [0.29, 0.717) is 5.54 Å². The Bertz CT molecular complexity index is 473. The van der Waals surface area contributed by atoms with E-state index in [4.69, 9.17) is 12.2 Å². The third-order valence-corrected chi connectivity index (χ3v) is 4.70. The smallest absolute Gasteiger partial charge is 0.171 e. The minimum Gasteiger partial charge on any atom is -0.357 e. The normalized spacial score (nSPS) is 21.1. The molecule has 2 nitrogen and oxygen atoms in total. The number of hydrogen-bond acceptors (Lipinski definition) is 1. The zero-order valence-corrected chi connectivity index (χ0v) is 12.4. The van der Waals surface area contributed by atoms with Gasteiger partial charge in [0.25, 0.3) is 0 Å².